The highest BCUT2D eigenvalue weighted by Crippen LogP contribution is 2.40. The minimum absolute atomic E-state index is 0.219. The zero-order valence-corrected chi connectivity index (χ0v) is 18.8. The van der Waals surface area contributed by atoms with Gasteiger partial charge in [-0.2, -0.15) is 10.2 Å². The van der Waals surface area contributed by atoms with Gasteiger partial charge in [0.1, 0.15) is 5.71 Å². The molecule has 0 fully saturated rings. The molecule has 33 heavy (non-hydrogen) atoms. The van der Waals surface area contributed by atoms with Crippen LogP contribution in [-0.4, -0.2) is 33.0 Å². The minimum atomic E-state index is -0.219. The molecule has 0 saturated carbocycles. The Morgan fingerprint density at radius 2 is 1.64 bits per heavy atom. The maximum atomic E-state index is 5.24. The van der Waals surface area contributed by atoms with Crippen LogP contribution in [0.3, 0.4) is 0 Å². The topological polar surface area (TPSA) is 57.3 Å². The summed E-state index contributed by atoms with van der Waals surface area (Å²) in [6, 6.07) is 27.2. The van der Waals surface area contributed by atoms with Gasteiger partial charge in [-0.1, -0.05) is 72.3 Å². The van der Waals surface area contributed by atoms with Crippen LogP contribution in [0, 0.1) is 6.92 Å². The summed E-state index contributed by atoms with van der Waals surface area (Å²) >= 11 is 0. The lowest BCUT2D eigenvalue weighted by atomic mass is 10.1. The van der Waals surface area contributed by atoms with Crippen molar-refractivity contribution in [3.05, 3.63) is 90.0 Å². The van der Waals surface area contributed by atoms with E-state index in [1.165, 1.54) is 5.56 Å². The molecule has 0 aliphatic carbocycles. The number of aliphatic imine (C=N–C) groups is 1. The van der Waals surface area contributed by atoms with E-state index in [1.807, 2.05) is 24.1 Å². The molecule has 6 heteroatoms. The Labute approximate surface area is 192 Å². The van der Waals surface area contributed by atoms with Crippen LogP contribution in [0.5, 0.6) is 0 Å². The first-order valence-electron chi connectivity index (χ1n) is 11.1. The summed E-state index contributed by atoms with van der Waals surface area (Å²) in [4.78, 5) is 5.24. The molecule has 0 bridgehead atoms. The fourth-order valence-electron chi connectivity index (χ4n) is 4.70. The normalized spacial score (nSPS) is 18.5. The van der Waals surface area contributed by atoms with E-state index in [0.717, 1.165) is 50.7 Å². The third-order valence-electron chi connectivity index (χ3n) is 6.28. The predicted octanol–water partition coefficient (Wildman–Crippen LogP) is 5.21. The molecule has 4 aromatic rings. The molecule has 162 valence electrons. The molecule has 6 nitrogen and oxygen atoms in total. The van der Waals surface area contributed by atoms with Crippen LogP contribution < -0.4 is 5.43 Å². The molecule has 3 heterocycles. The molecular weight excluding hydrogens is 408 g/mol. The van der Waals surface area contributed by atoms with Crippen LogP contribution in [0.4, 0.5) is 5.69 Å². The lowest BCUT2D eigenvalue weighted by Gasteiger charge is -2.16. The number of hydrazone groups is 2. The lowest BCUT2D eigenvalue weighted by molar-refractivity contribution is 0.407. The van der Waals surface area contributed by atoms with Gasteiger partial charge in [-0.15, -0.1) is 0 Å². The summed E-state index contributed by atoms with van der Waals surface area (Å²) in [7, 11) is 2.10. The Balaban J connectivity index is 1.48. The van der Waals surface area contributed by atoms with Crippen molar-refractivity contribution in [1.29, 1.82) is 0 Å². The fourth-order valence-corrected chi connectivity index (χ4v) is 4.70. The molecule has 6 rings (SSSR count). The van der Waals surface area contributed by atoms with Crippen LogP contribution in [-0.2, 0) is 7.05 Å². The summed E-state index contributed by atoms with van der Waals surface area (Å²) < 4.78 is 2.22. The van der Waals surface area contributed by atoms with Gasteiger partial charge in [0.25, 0.3) is 0 Å². The van der Waals surface area contributed by atoms with E-state index < -0.39 is 0 Å². The molecule has 1 aromatic heterocycles. The maximum absolute atomic E-state index is 5.24. The minimum Gasteiger partial charge on any atom is -0.342 e. The number of aromatic nitrogens is 1. The van der Waals surface area contributed by atoms with Crippen molar-refractivity contribution in [2.24, 2.45) is 22.2 Å². The molecule has 1 N–H and O–H groups in total. The molecule has 1 atom stereocenters. The summed E-state index contributed by atoms with van der Waals surface area (Å²) in [5.74, 6) is 0.814. The van der Waals surface area contributed by atoms with Crippen molar-refractivity contribution in [1.82, 2.24) is 15.0 Å². The van der Waals surface area contributed by atoms with Gasteiger partial charge in [-0.3, -0.25) is 5.43 Å². The van der Waals surface area contributed by atoms with Gasteiger partial charge in [0, 0.05) is 23.6 Å². The van der Waals surface area contributed by atoms with Crippen molar-refractivity contribution in [3.63, 3.8) is 0 Å². The highest BCUT2D eigenvalue weighted by Gasteiger charge is 2.39. The van der Waals surface area contributed by atoms with E-state index in [2.05, 4.69) is 95.8 Å². The van der Waals surface area contributed by atoms with Gasteiger partial charge in [-0.05, 0) is 26.0 Å². The summed E-state index contributed by atoms with van der Waals surface area (Å²) in [5, 5.41) is 12.5. The third-order valence-corrected chi connectivity index (χ3v) is 6.28. The van der Waals surface area contributed by atoms with Gasteiger partial charge in [0.2, 0.25) is 0 Å². The second-order valence-corrected chi connectivity index (χ2v) is 8.50. The summed E-state index contributed by atoms with van der Waals surface area (Å²) in [5.41, 5.74) is 11.6. The zero-order valence-electron chi connectivity index (χ0n) is 18.8. The van der Waals surface area contributed by atoms with E-state index in [-0.39, 0.29) is 6.17 Å². The van der Waals surface area contributed by atoms with Crippen molar-refractivity contribution >= 4 is 33.8 Å². The Morgan fingerprint density at radius 1 is 0.879 bits per heavy atom. The standard InChI is InChI=1S/C27H24N6/c1-17-10-9-13-20(16-17)26-29-30-27-23(18(2)31-33(26)27)28-24-21-14-7-8-15-22(21)32(3)25(24)19-11-5-4-6-12-19/h4-16,27,30H,1-3H3. The van der Waals surface area contributed by atoms with Crippen LogP contribution >= 0.6 is 0 Å². The molecule has 0 saturated heterocycles. The lowest BCUT2D eigenvalue weighted by Crippen LogP contribution is -2.39. The molecular formula is C27H24N6. The zero-order chi connectivity index (χ0) is 22.5. The first kappa shape index (κ1) is 19.5. The van der Waals surface area contributed by atoms with Crippen molar-refractivity contribution in [2.45, 2.75) is 20.0 Å². The number of benzene rings is 3. The van der Waals surface area contributed by atoms with Crippen LogP contribution in [0.25, 0.3) is 22.2 Å². The molecule has 1 unspecified atom stereocenters. The third kappa shape index (κ3) is 3.06. The van der Waals surface area contributed by atoms with E-state index in [0.29, 0.717) is 0 Å². The van der Waals surface area contributed by atoms with E-state index in [1.54, 1.807) is 0 Å². The Hall–Kier alpha value is -4.19. The summed E-state index contributed by atoms with van der Waals surface area (Å²) in [6.07, 6.45) is -0.219. The van der Waals surface area contributed by atoms with E-state index in [4.69, 9.17) is 10.1 Å². The monoisotopic (exact) mass is 432 g/mol. The first-order chi connectivity index (χ1) is 16.1. The van der Waals surface area contributed by atoms with Gasteiger partial charge in [-0.25, -0.2) is 10.0 Å². The Kier molecular flexibility index (Phi) is 4.40. The molecule has 0 amide bonds. The van der Waals surface area contributed by atoms with E-state index in [9.17, 15) is 0 Å². The van der Waals surface area contributed by atoms with Crippen molar-refractivity contribution < 1.29 is 0 Å². The number of fused-ring (bicyclic) bond motifs is 2. The van der Waals surface area contributed by atoms with Crippen LogP contribution in [0.2, 0.25) is 0 Å². The number of nitrogens with zero attached hydrogens (tertiary/aromatic N) is 5. The van der Waals surface area contributed by atoms with Crippen molar-refractivity contribution in [3.8, 4) is 11.3 Å². The average molecular weight is 433 g/mol. The van der Waals surface area contributed by atoms with Crippen LogP contribution in [0.1, 0.15) is 18.1 Å². The molecule has 2 aliphatic heterocycles. The Bertz CT molecular complexity index is 1480. The number of para-hydroxylation sites is 1. The largest absolute Gasteiger partial charge is 0.342 e. The molecule has 0 radical (unpaired) electrons. The van der Waals surface area contributed by atoms with E-state index >= 15 is 0 Å². The average Bonchev–Trinajstić information content (AvgIpc) is 3.46. The van der Waals surface area contributed by atoms with Gasteiger partial charge in [0.15, 0.2) is 12.0 Å². The number of amidine groups is 1. The number of aryl methyl sites for hydroxylation is 2. The Morgan fingerprint density at radius 3 is 2.45 bits per heavy atom. The number of nitrogens with one attached hydrogen (secondary N) is 1. The highest BCUT2D eigenvalue weighted by molar-refractivity contribution is 6.46. The van der Waals surface area contributed by atoms with Gasteiger partial charge >= 0.3 is 0 Å². The number of rotatable bonds is 3. The van der Waals surface area contributed by atoms with Crippen LogP contribution in [0.15, 0.2) is 94.1 Å². The van der Waals surface area contributed by atoms with Crippen molar-refractivity contribution in [2.75, 3.05) is 0 Å². The highest BCUT2D eigenvalue weighted by atomic mass is 15.7. The number of hydrogen-bond donors (Lipinski definition) is 1. The van der Waals surface area contributed by atoms with Gasteiger partial charge < -0.3 is 4.57 Å². The SMILES string of the molecule is CC1=NN2C(c3cccc(C)c3)=NNC2C1=Nc1c(-c2ccccc2)n(C)c2ccccc12. The predicted molar refractivity (Wildman–Crippen MR) is 135 cm³/mol. The second-order valence-electron chi connectivity index (χ2n) is 8.50. The maximum Gasteiger partial charge on any atom is 0.182 e. The number of hydrogen-bond acceptors (Lipinski definition) is 5. The van der Waals surface area contributed by atoms with Gasteiger partial charge in [0.05, 0.1) is 22.6 Å². The fraction of sp³-hybridized carbons (Fsp3) is 0.148. The smallest absolute Gasteiger partial charge is 0.182 e. The molecule has 0 spiro atoms. The second kappa shape index (κ2) is 7.45. The quantitative estimate of drug-likeness (QED) is 0.483. The summed E-state index contributed by atoms with van der Waals surface area (Å²) in [6.45, 7) is 4.10. The molecule has 2 aliphatic rings. The molecule has 3 aromatic carbocycles. The first-order valence-corrected chi connectivity index (χ1v) is 11.1.